The number of rotatable bonds is 5. The Morgan fingerprint density at radius 2 is 1.92 bits per heavy atom. The second-order valence-electron chi connectivity index (χ2n) is 3.16. The quantitative estimate of drug-likeness (QED) is 0.504. The monoisotopic (exact) mass is 174 g/mol. The van der Waals surface area contributed by atoms with E-state index in [2.05, 4.69) is 6.58 Å². The highest BCUT2D eigenvalue weighted by Crippen LogP contribution is 2.21. The number of ether oxygens (including phenoxy) is 2. The van der Waals surface area contributed by atoms with Crippen LogP contribution < -0.4 is 0 Å². The molecule has 0 aliphatic rings. The fraction of sp³-hybridized carbons (Fsp3) is 0.778. The van der Waals surface area contributed by atoms with Crippen LogP contribution in [0.2, 0.25) is 0 Å². The van der Waals surface area contributed by atoms with Crippen LogP contribution in [0.25, 0.3) is 0 Å². The first-order valence-corrected chi connectivity index (χ1v) is 3.88. The SMILES string of the molecule is C=C(C)C(C)(O)CC(OC)OC. The molecule has 0 radical (unpaired) electrons. The molecule has 1 N–H and O–H groups in total. The lowest BCUT2D eigenvalue weighted by Gasteiger charge is -2.27. The highest BCUT2D eigenvalue weighted by Gasteiger charge is 2.25. The van der Waals surface area contributed by atoms with E-state index in [-0.39, 0.29) is 6.29 Å². The molecule has 72 valence electrons. The third-order valence-electron chi connectivity index (χ3n) is 2.01. The molecule has 3 heteroatoms. The van der Waals surface area contributed by atoms with E-state index in [0.29, 0.717) is 12.0 Å². The molecule has 0 aliphatic carbocycles. The van der Waals surface area contributed by atoms with Gasteiger partial charge >= 0.3 is 0 Å². The summed E-state index contributed by atoms with van der Waals surface area (Å²) in [4.78, 5) is 0. The molecule has 0 aromatic carbocycles. The summed E-state index contributed by atoms with van der Waals surface area (Å²) in [5, 5.41) is 9.76. The van der Waals surface area contributed by atoms with E-state index in [4.69, 9.17) is 9.47 Å². The Labute approximate surface area is 74.0 Å². The molecule has 0 aliphatic heterocycles. The Morgan fingerprint density at radius 1 is 1.50 bits per heavy atom. The normalized spacial score (nSPS) is 16.2. The largest absolute Gasteiger partial charge is 0.386 e. The standard InChI is InChI=1S/C9H18O3/c1-7(2)9(3,10)6-8(11-4)12-5/h8,10H,1,6H2,2-5H3. The molecule has 1 unspecified atom stereocenters. The minimum absolute atomic E-state index is 0.378. The molecule has 3 nitrogen and oxygen atoms in total. The Morgan fingerprint density at radius 3 is 2.17 bits per heavy atom. The van der Waals surface area contributed by atoms with Gasteiger partial charge in [-0.05, 0) is 19.4 Å². The number of hydrogen-bond acceptors (Lipinski definition) is 3. The summed E-state index contributed by atoms with van der Waals surface area (Å²) in [6.45, 7) is 7.16. The number of methoxy groups -OCH3 is 2. The average Bonchev–Trinajstić information content (AvgIpc) is 2.00. The molecule has 0 aromatic rings. The third-order valence-corrected chi connectivity index (χ3v) is 2.01. The third kappa shape index (κ3) is 3.34. The molecule has 0 heterocycles. The summed E-state index contributed by atoms with van der Waals surface area (Å²) in [7, 11) is 3.09. The van der Waals surface area contributed by atoms with Crippen molar-refractivity contribution < 1.29 is 14.6 Å². The van der Waals surface area contributed by atoms with Crippen LogP contribution in [0.1, 0.15) is 20.3 Å². The predicted molar refractivity (Wildman–Crippen MR) is 47.9 cm³/mol. The van der Waals surface area contributed by atoms with Crippen LogP contribution >= 0.6 is 0 Å². The van der Waals surface area contributed by atoms with Crippen molar-refractivity contribution >= 4 is 0 Å². The topological polar surface area (TPSA) is 38.7 Å². The molecule has 0 rings (SSSR count). The van der Waals surface area contributed by atoms with Crippen LogP contribution in [0.3, 0.4) is 0 Å². The molecule has 0 fully saturated rings. The second-order valence-corrected chi connectivity index (χ2v) is 3.16. The summed E-state index contributed by atoms with van der Waals surface area (Å²) in [6, 6.07) is 0. The molecule has 0 bridgehead atoms. The van der Waals surface area contributed by atoms with Gasteiger partial charge in [0.25, 0.3) is 0 Å². The maximum Gasteiger partial charge on any atom is 0.159 e. The zero-order chi connectivity index (χ0) is 9.78. The average molecular weight is 174 g/mol. The minimum Gasteiger partial charge on any atom is -0.386 e. The van der Waals surface area contributed by atoms with Gasteiger partial charge in [-0.1, -0.05) is 6.58 Å². The summed E-state index contributed by atoms with van der Waals surface area (Å²) >= 11 is 0. The summed E-state index contributed by atoms with van der Waals surface area (Å²) in [6.07, 6.45) is 0.0201. The van der Waals surface area contributed by atoms with Crippen LogP contribution in [0, 0.1) is 0 Å². The first kappa shape index (κ1) is 11.6. The van der Waals surface area contributed by atoms with Gasteiger partial charge in [0.2, 0.25) is 0 Å². The maximum atomic E-state index is 9.76. The van der Waals surface area contributed by atoms with Crippen LogP contribution in [0.4, 0.5) is 0 Å². The van der Waals surface area contributed by atoms with Gasteiger partial charge in [-0.3, -0.25) is 0 Å². The van der Waals surface area contributed by atoms with E-state index in [9.17, 15) is 5.11 Å². The van der Waals surface area contributed by atoms with Crippen LogP contribution in [0.15, 0.2) is 12.2 Å². The molecule has 0 spiro atoms. The zero-order valence-electron chi connectivity index (χ0n) is 8.26. The summed E-state index contributed by atoms with van der Waals surface area (Å²) in [5.74, 6) is 0. The van der Waals surface area contributed by atoms with E-state index in [0.717, 1.165) is 0 Å². The molecular formula is C9H18O3. The van der Waals surface area contributed by atoms with E-state index in [1.807, 2.05) is 0 Å². The lowest BCUT2D eigenvalue weighted by molar-refractivity contribution is -0.133. The van der Waals surface area contributed by atoms with Gasteiger partial charge in [-0.25, -0.2) is 0 Å². The minimum atomic E-state index is -0.920. The predicted octanol–water partition coefficient (Wildman–Crippen LogP) is 1.32. The molecule has 0 aromatic heterocycles. The molecule has 0 saturated carbocycles. The van der Waals surface area contributed by atoms with Crippen LogP contribution in [-0.2, 0) is 9.47 Å². The number of aliphatic hydroxyl groups is 1. The number of hydrogen-bond donors (Lipinski definition) is 1. The lowest BCUT2D eigenvalue weighted by atomic mass is 9.94. The molecular weight excluding hydrogens is 156 g/mol. The van der Waals surface area contributed by atoms with Gasteiger partial charge in [-0.15, -0.1) is 0 Å². The second kappa shape index (κ2) is 4.60. The van der Waals surface area contributed by atoms with Gasteiger partial charge in [0, 0.05) is 20.6 Å². The van der Waals surface area contributed by atoms with Crippen molar-refractivity contribution in [2.45, 2.75) is 32.2 Å². The summed E-state index contributed by atoms with van der Waals surface area (Å²) < 4.78 is 9.92. The lowest BCUT2D eigenvalue weighted by Crippen LogP contribution is -2.32. The van der Waals surface area contributed by atoms with E-state index < -0.39 is 5.60 Å². The van der Waals surface area contributed by atoms with Crippen LogP contribution in [-0.4, -0.2) is 31.2 Å². The first-order valence-electron chi connectivity index (χ1n) is 3.88. The molecule has 0 amide bonds. The Balaban J connectivity index is 4.12. The highest BCUT2D eigenvalue weighted by molar-refractivity contribution is 5.06. The Kier molecular flexibility index (Phi) is 4.45. The van der Waals surface area contributed by atoms with Gasteiger partial charge < -0.3 is 14.6 Å². The maximum absolute atomic E-state index is 9.76. The van der Waals surface area contributed by atoms with Crippen LogP contribution in [0.5, 0.6) is 0 Å². The van der Waals surface area contributed by atoms with Crippen molar-refractivity contribution in [2.75, 3.05) is 14.2 Å². The van der Waals surface area contributed by atoms with Crippen molar-refractivity contribution in [3.05, 3.63) is 12.2 Å². The van der Waals surface area contributed by atoms with Gasteiger partial charge in [-0.2, -0.15) is 0 Å². The van der Waals surface area contributed by atoms with Crippen molar-refractivity contribution in [3.8, 4) is 0 Å². The molecule has 1 atom stereocenters. The van der Waals surface area contributed by atoms with Gasteiger partial charge in [0.15, 0.2) is 6.29 Å². The Bertz CT molecular complexity index is 148. The zero-order valence-corrected chi connectivity index (χ0v) is 8.26. The first-order chi connectivity index (χ1) is 5.44. The van der Waals surface area contributed by atoms with Crippen molar-refractivity contribution in [2.24, 2.45) is 0 Å². The summed E-state index contributed by atoms with van der Waals surface area (Å²) in [5.41, 5.74) is -0.210. The van der Waals surface area contributed by atoms with Gasteiger partial charge in [0.1, 0.15) is 0 Å². The van der Waals surface area contributed by atoms with Crippen molar-refractivity contribution in [3.63, 3.8) is 0 Å². The van der Waals surface area contributed by atoms with Crippen molar-refractivity contribution in [1.29, 1.82) is 0 Å². The molecule has 12 heavy (non-hydrogen) atoms. The van der Waals surface area contributed by atoms with Gasteiger partial charge in [0.05, 0.1) is 5.60 Å². The van der Waals surface area contributed by atoms with Crippen molar-refractivity contribution in [1.82, 2.24) is 0 Å². The highest BCUT2D eigenvalue weighted by atomic mass is 16.7. The van der Waals surface area contributed by atoms with E-state index >= 15 is 0 Å². The Hall–Kier alpha value is -0.380. The fourth-order valence-corrected chi connectivity index (χ4v) is 0.762. The smallest absolute Gasteiger partial charge is 0.159 e. The fourth-order valence-electron chi connectivity index (χ4n) is 0.762. The molecule has 0 saturated heterocycles. The van der Waals surface area contributed by atoms with E-state index in [1.165, 1.54) is 0 Å². The van der Waals surface area contributed by atoms with E-state index in [1.54, 1.807) is 28.1 Å².